The fraction of sp³-hybridized carbons (Fsp3) is 0.148. The second-order valence-corrected chi connectivity index (χ2v) is 10.2. The molecular weight excluding hydrogens is 508 g/mol. The van der Waals surface area contributed by atoms with Crippen molar-refractivity contribution in [1.29, 1.82) is 0 Å². The highest BCUT2D eigenvalue weighted by Crippen LogP contribution is 2.43. The Bertz CT molecular complexity index is 1440. The van der Waals surface area contributed by atoms with Crippen molar-refractivity contribution < 1.29 is 19.4 Å². The van der Waals surface area contributed by atoms with Gasteiger partial charge in [0, 0.05) is 23.7 Å². The van der Waals surface area contributed by atoms with Crippen LogP contribution in [0, 0.1) is 0 Å². The predicted octanol–water partition coefficient (Wildman–Crippen LogP) is 5.25. The number of rotatable bonds is 8. The van der Waals surface area contributed by atoms with E-state index in [2.05, 4.69) is 15.2 Å². The van der Waals surface area contributed by atoms with Crippen LogP contribution in [0.3, 0.4) is 0 Å². The molecule has 1 atom stereocenters. The number of aliphatic hydroxyl groups excluding tert-OH is 1. The molecule has 1 saturated heterocycles. The highest BCUT2D eigenvalue weighted by atomic mass is 32.2. The van der Waals surface area contributed by atoms with E-state index >= 15 is 0 Å². The highest BCUT2D eigenvalue weighted by Gasteiger charge is 2.48. The third-order valence-electron chi connectivity index (χ3n) is 5.69. The quantitative estimate of drug-likeness (QED) is 0.108. The first kappa shape index (κ1) is 24.7. The van der Waals surface area contributed by atoms with Crippen LogP contribution in [0.1, 0.15) is 29.7 Å². The third kappa shape index (κ3) is 5.11. The lowest BCUT2D eigenvalue weighted by molar-refractivity contribution is -0.132. The highest BCUT2D eigenvalue weighted by molar-refractivity contribution is 8.00. The van der Waals surface area contributed by atoms with E-state index in [1.54, 1.807) is 48.8 Å². The lowest BCUT2D eigenvalue weighted by Crippen LogP contribution is -2.29. The fourth-order valence-electron chi connectivity index (χ4n) is 3.99. The average Bonchev–Trinajstić information content (AvgIpc) is 3.51. The van der Waals surface area contributed by atoms with Gasteiger partial charge in [0.25, 0.3) is 5.78 Å². The van der Waals surface area contributed by atoms with Gasteiger partial charge in [-0.2, -0.15) is 0 Å². The summed E-state index contributed by atoms with van der Waals surface area (Å²) in [6, 6.07) is 19.2. The number of amides is 1. The van der Waals surface area contributed by atoms with Crippen molar-refractivity contribution in [3.05, 3.63) is 101 Å². The van der Waals surface area contributed by atoms with Crippen molar-refractivity contribution in [2.75, 3.05) is 11.5 Å². The van der Waals surface area contributed by atoms with Crippen molar-refractivity contribution >= 4 is 45.7 Å². The monoisotopic (exact) mass is 530 g/mol. The summed E-state index contributed by atoms with van der Waals surface area (Å²) in [6.45, 7) is 2.38. The molecule has 186 valence electrons. The summed E-state index contributed by atoms with van der Waals surface area (Å²) in [7, 11) is 0. The van der Waals surface area contributed by atoms with E-state index in [1.807, 2.05) is 37.3 Å². The minimum absolute atomic E-state index is 0.0316. The topological polar surface area (TPSA) is 106 Å². The number of thioether (sulfide) groups is 1. The van der Waals surface area contributed by atoms with E-state index in [4.69, 9.17) is 4.74 Å². The van der Waals surface area contributed by atoms with E-state index in [1.165, 1.54) is 28.0 Å². The molecular formula is C27H22N4O4S2. The molecule has 0 bridgehead atoms. The molecule has 2 aromatic carbocycles. The van der Waals surface area contributed by atoms with Gasteiger partial charge >= 0.3 is 5.91 Å². The zero-order valence-electron chi connectivity index (χ0n) is 19.8. The van der Waals surface area contributed by atoms with E-state index in [-0.39, 0.29) is 16.5 Å². The largest absolute Gasteiger partial charge is 0.507 e. The molecule has 3 heterocycles. The molecule has 10 heteroatoms. The first-order chi connectivity index (χ1) is 18.1. The summed E-state index contributed by atoms with van der Waals surface area (Å²) in [6.07, 6.45) is 3.17. The van der Waals surface area contributed by atoms with Crippen LogP contribution in [-0.2, 0) is 15.3 Å². The van der Waals surface area contributed by atoms with E-state index in [0.29, 0.717) is 33.6 Å². The number of aromatic nitrogens is 3. The van der Waals surface area contributed by atoms with E-state index in [0.717, 1.165) is 5.56 Å². The number of carbonyl (C=O) groups is 2. The summed E-state index contributed by atoms with van der Waals surface area (Å²) in [4.78, 5) is 32.0. The van der Waals surface area contributed by atoms with Crippen molar-refractivity contribution in [3.8, 4) is 5.75 Å². The zero-order chi connectivity index (χ0) is 25.8. The minimum Gasteiger partial charge on any atom is -0.507 e. The maximum absolute atomic E-state index is 13.3. The zero-order valence-corrected chi connectivity index (χ0v) is 21.4. The van der Waals surface area contributed by atoms with Crippen molar-refractivity contribution in [1.82, 2.24) is 15.2 Å². The summed E-state index contributed by atoms with van der Waals surface area (Å²) in [5.41, 5.74) is 2.07. The van der Waals surface area contributed by atoms with Crippen LogP contribution in [0.15, 0.2) is 89.0 Å². The number of carbonyl (C=O) groups excluding carboxylic acids is 2. The number of hydrogen-bond acceptors (Lipinski definition) is 9. The lowest BCUT2D eigenvalue weighted by Gasteiger charge is -2.22. The molecule has 37 heavy (non-hydrogen) atoms. The lowest BCUT2D eigenvalue weighted by atomic mass is 9.96. The van der Waals surface area contributed by atoms with Gasteiger partial charge in [-0.05, 0) is 48.4 Å². The Labute approximate surface area is 221 Å². The van der Waals surface area contributed by atoms with Gasteiger partial charge in [-0.3, -0.25) is 19.5 Å². The Kier molecular flexibility index (Phi) is 7.29. The summed E-state index contributed by atoms with van der Waals surface area (Å²) in [5.74, 6) is -0.525. The Morgan fingerprint density at radius 1 is 1.05 bits per heavy atom. The van der Waals surface area contributed by atoms with Crippen LogP contribution < -0.4 is 9.64 Å². The summed E-state index contributed by atoms with van der Waals surface area (Å²) in [5, 5.41) is 20.0. The average molecular weight is 531 g/mol. The first-order valence-corrected chi connectivity index (χ1v) is 13.3. The number of pyridine rings is 1. The second-order valence-electron chi connectivity index (χ2n) is 8.04. The molecule has 0 radical (unpaired) electrons. The number of hydrogen-bond donors (Lipinski definition) is 1. The number of aliphatic hydroxyl groups is 1. The molecule has 1 fully saturated rings. The number of benzene rings is 2. The second kappa shape index (κ2) is 10.9. The third-order valence-corrected chi connectivity index (χ3v) is 7.82. The van der Waals surface area contributed by atoms with Gasteiger partial charge in [-0.15, -0.1) is 10.2 Å². The predicted molar refractivity (Wildman–Crippen MR) is 143 cm³/mol. The molecule has 0 spiro atoms. The van der Waals surface area contributed by atoms with Crippen LogP contribution in [0.2, 0.25) is 0 Å². The molecule has 1 aliphatic heterocycles. The molecule has 1 aliphatic rings. The van der Waals surface area contributed by atoms with Gasteiger partial charge in [-0.25, -0.2) is 0 Å². The number of anilines is 1. The summed E-state index contributed by atoms with van der Waals surface area (Å²) < 4.78 is 6.13. The standard InChI is InChI=1S/C27H22N4O4S2/c1-2-35-20-12-10-18(11-13-20)23(32)21-22(19-9-6-14-28-15-19)31(25(34)24(21)33)26-29-30-27(37-26)36-16-17-7-4-3-5-8-17/h3-15,22,32H,2,16H2,1H3/b23-21-. The van der Waals surface area contributed by atoms with Crippen LogP contribution in [-0.4, -0.2) is 38.6 Å². The SMILES string of the molecule is CCOc1ccc(/C(O)=C2/C(=O)C(=O)N(c3nnc(SCc4ccccc4)s3)C2c2cccnc2)cc1. The normalized spacial score (nSPS) is 16.8. The maximum atomic E-state index is 13.3. The molecule has 4 aromatic rings. The molecule has 1 unspecified atom stereocenters. The van der Waals surface area contributed by atoms with Crippen LogP contribution in [0.4, 0.5) is 5.13 Å². The molecule has 8 nitrogen and oxygen atoms in total. The molecule has 0 aliphatic carbocycles. The van der Waals surface area contributed by atoms with Crippen LogP contribution in [0.25, 0.3) is 5.76 Å². The number of nitrogens with zero attached hydrogens (tertiary/aromatic N) is 4. The van der Waals surface area contributed by atoms with Gasteiger partial charge < -0.3 is 9.84 Å². The van der Waals surface area contributed by atoms with Gasteiger partial charge in [-0.1, -0.05) is 59.5 Å². The first-order valence-electron chi connectivity index (χ1n) is 11.5. The fourth-order valence-corrected chi connectivity index (χ4v) is 5.82. The Morgan fingerprint density at radius 2 is 1.84 bits per heavy atom. The Morgan fingerprint density at radius 3 is 2.54 bits per heavy atom. The molecule has 5 rings (SSSR count). The van der Waals surface area contributed by atoms with E-state index in [9.17, 15) is 14.7 Å². The van der Waals surface area contributed by atoms with Crippen LogP contribution in [0.5, 0.6) is 5.75 Å². The number of Topliss-reactive ketones (excluding diaryl/α,β-unsaturated/α-hetero) is 1. The minimum atomic E-state index is -0.903. The van der Waals surface area contributed by atoms with Gasteiger partial charge in [0.1, 0.15) is 11.5 Å². The molecule has 1 amide bonds. The maximum Gasteiger partial charge on any atom is 0.301 e. The smallest absolute Gasteiger partial charge is 0.301 e. The molecule has 2 aromatic heterocycles. The van der Waals surface area contributed by atoms with Gasteiger partial charge in [0.15, 0.2) is 4.34 Å². The van der Waals surface area contributed by atoms with E-state index < -0.39 is 17.7 Å². The Hall–Kier alpha value is -4.02. The van der Waals surface area contributed by atoms with Crippen LogP contribution >= 0.6 is 23.1 Å². The van der Waals surface area contributed by atoms with Crippen molar-refractivity contribution in [2.24, 2.45) is 0 Å². The van der Waals surface area contributed by atoms with Crippen molar-refractivity contribution in [2.45, 2.75) is 23.1 Å². The van der Waals surface area contributed by atoms with Crippen molar-refractivity contribution in [3.63, 3.8) is 0 Å². The Balaban J connectivity index is 1.51. The molecule has 1 N–H and O–H groups in total. The van der Waals surface area contributed by atoms with Gasteiger partial charge in [0.05, 0.1) is 18.2 Å². The number of ether oxygens (including phenoxy) is 1. The number of ketones is 1. The summed E-state index contributed by atoms with van der Waals surface area (Å²) >= 11 is 2.72. The molecule has 0 saturated carbocycles. The van der Waals surface area contributed by atoms with Gasteiger partial charge in [0.2, 0.25) is 5.13 Å².